The SMILES string of the molecule is CCN(CC)CC(=O)NC.[HH]. The van der Waals surface area contributed by atoms with Gasteiger partial charge in [-0.3, -0.25) is 9.69 Å². The van der Waals surface area contributed by atoms with Gasteiger partial charge in [-0.25, -0.2) is 0 Å². The second kappa shape index (κ2) is 5.23. The molecule has 0 heterocycles. The summed E-state index contributed by atoms with van der Waals surface area (Å²) < 4.78 is 0. The Morgan fingerprint density at radius 2 is 2.00 bits per heavy atom. The topological polar surface area (TPSA) is 32.3 Å². The Bertz CT molecular complexity index is 105. The van der Waals surface area contributed by atoms with E-state index in [1.807, 2.05) is 13.8 Å². The first kappa shape index (κ1) is 9.43. The maximum Gasteiger partial charge on any atom is 0.233 e. The summed E-state index contributed by atoms with van der Waals surface area (Å²) in [6, 6.07) is 0. The number of amides is 1. The summed E-state index contributed by atoms with van der Waals surface area (Å²) in [4.78, 5) is 12.9. The minimum absolute atomic E-state index is 0. The molecule has 0 fully saturated rings. The highest BCUT2D eigenvalue weighted by Crippen LogP contribution is 1.84. The minimum atomic E-state index is 0. The van der Waals surface area contributed by atoms with Gasteiger partial charge in [0.2, 0.25) is 5.91 Å². The fraction of sp³-hybridized carbons (Fsp3) is 0.857. The van der Waals surface area contributed by atoms with E-state index in [-0.39, 0.29) is 7.33 Å². The molecule has 0 radical (unpaired) electrons. The molecule has 0 bridgehead atoms. The largest absolute Gasteiger partial charge is 0.358 e. The van der Waals surface area contributed by atoms with Gasteiger partial charge < -0.3 is 5.32 Å². The van der Waals surface area contributed by atoms with Crippen LogP contribution in [0.5, 0.6) is 0 Å². The number of hydrogen-bond donors (Lipinski definition) is 1. The van der Waals surface area contributed by atoms with E-state index in [0.717, 1.165) is 13.1 Å². The number of likely N-dealkylation sites (N-methyl/N-ethyl adjacent to an activating group) is 2. The van der Waals surface area contributed by atoms with Crippen molar-refractivity contribution in [2.75, 3.05) is 26.7 Å². The highest BCUT2D eigenvalue weighted by molar-refractivity contribution is 5.77. The van der Waals surface area contributed by atoms with Gasteiger partial charge in [-0.1, -0.05) is 13.8 Å². The van der Waals surface area contributed by atoms with Crippen molar-refractivity contribution in [3.8, 4) is 0 Å². The summed E-state index contributed by atoms with van der Waals surface area (Å²) in [6.07, 6.45) is 0. The van der Waals surface area contributed by atoms with Crippen LogP contribution in [-0.2, 0) is 4.79 Å². The van der Waals surface area contributed by atoms with Gasteiger partial charge in [0.25, 0.3) is 0 Å². The molecule has 0 aromatic rings. The van der Waals surface area contributed by atoms with Crippen LogP contribution in [-0.4, -0.2) is 37.5 Å². The molecule has 0 spiro atoms. The van der Waals surface area contributed by atoms with Gasteiger partial charge in [-0.15, -0.1) is 0 Å². The molecule has 0 aromatic carbocycles. The second-order valence-corrected chi connectivity index (χ2v) is 2.13. The van der Waals surface area contributed by atoms with Gasteiger partial charge in [0.15, 0.2) is 0 Å². The summed E-state index contributed by atoms with van der Waals surface area (Å²) in [5.74, 6) is 0.0868. The third-order valence-electron chi connectivity index (χ3n) is 1.54. The molecule has 10 heavy (non-hydrogen) atoms. The fourth-order valence-corrected chi connectivity index (χ4v) is 0.729. The first-order chi connectivity index (χ1) is 4.74. The van der Waals surface area contributed by atoms with Crippen molar-refractivity contribution in [3.63, 3.8) is 0 Å². The first-order valence-corrected chi connectivity index (χ1v) is 3.67. The Morgan fingerprint density at radius 1 is 1.50 bits per heavy atom. The maximum atomic E-state index is 10.8. The van der Waals surface area contributed by atoms with Crippen molar-refractivity contribution in [2.45, 2.75) is 13.8 Å². The van der Waals surface area contributed by atoms with E-state index in [1.54, 1.807) is 7.05 Å². The van der Waals surface area contributed by atoms with Crippen LogP contribution in [0.1, 0.15) is 15.3 Å². The molecule has 0 rings (SSSR count). The lowest BCUT2D eigenvalue weighted by molar-refractivity contribution is -0.121. The van der Waals surface area contributed by atoms with E-state index in [9.17, 15) is 4.79 Å². The molecule has 0 atom stereocenters. The smallest absolute Gasteiger partial charge is 0.233 e. The maximum absolute atomic E-state index is 10.8. The lowest BCUT2D eigenvalue weighted by Crippen LogP contribution is -2.35. The minimum Gasteiger partial charge on any atom is -0.358 e. The average molecular weight is 146 g/mol. The van der Waals surface area contributed by atoms with Crippen LogP contribution >= 0.6 is 0 Å². The van der Waals surface area contributed by atoms with Gasteiger partial charge in [-0.2, -0.15) is 0 Å². The molecular weight excluding hydrogens is 128 g/mol. The summed E-state index contributed by atoms with van der Waals surface area (Å²) in [5, 5.41) is 2.58. The molecule has 0 aliphatic heterocycles. The van der Waals surface area contributed by atoms with E-state index in [4.69, 9.17) is 0 Å². The molecule has 0 aliphatic rings. The summed E-state index contributed by atoms with van der Waals surface area (Å²) >= 11 is 0. The monoisotopic (exact) mass is 146 g/mol. The molecule has 0 saturated carbocycles. The molecule has 0 unspecified atom stereocenters. The molecule has 62 valence electrons. The van der Waals surface area contributed by atoms with E-state index in [2.05, 4.69) is 10.2 Å². The average Bonchev–Trinajstić information content (AvgIpc) is 1.99. The van der Waals surface area contributed by atoms with Crippen LogP contribution in [0, 0.1) is 0 Å². The van der Waals surface area contributed by atoms with Crippen molar-refractivity contribution >= 4 is 5.91 Å². The molecule has 0 aromatic heterocycles. The van der Waals surface area contributed by atoms with Crippen LogP contribution in [0.3, 0.4) is 0 Å². The summed E-state index contributed by atoms with van der Waals surface area (Å²) in [7, 11) is 1.66. The van der Waals surface area contributed by atoms with E-state index in [0.29, 0.717) is 6.54 Å². The number of nitrogens with one attached hydrogen (secondary N) is 1. The van der Waals surface area contributed by atoms with E-state index in [1.165, 1.54) is 0 Å². The third kappa shape index (κ3) is 3.45. The van der Waals surface area contributed by atoms with Crippen LogP contribution in [0.4, 0.5) is 0 Å². The zero-order valence-electron chi connectivity index (χ0n) is 6.98. The number of carbonyl (C=O) groups is 1. The molecule has 1 N–H and O–H groups in total. The van der Waals surface area contributed by atoms with Gasteiger partial charge in [0.1, 0.15) is 0 Å². The summed E-state index contributed by atoms with van der Waals surface area (Å²) in [6.45, 7) is 6.48. The molecule has 1 amide bonds. The predicted octanol–water partition coefficient (Wildman–Crippen LogP) is 0.320. The highest BCUT2D eigenvalue weighted by Gasteiger charge is 2.03. The third-order valence-corrected chi connectivity index (χ3v) is 1.54. The molecule has 3 nitrogen and oxygen atoms in total. The first-order valence-electron chi connectivity index (χ1n) is 3.67. The Hall–Kier alpha value is -0.570. The number of carbonyl (C=O) groups excluding carboxylic acids is 1. The Kier molecular flexibility index (Phi) is 4.94. The molecule has 0 saturated heterocycles. The van der Waals surface area contributed by atoms with Gasteiger partial charge in [-0.05, 0) is 13.1 Å². The zero-order valence-corrected chi connectivity index (χ0v) is 6.98. The lowest BCUT2D eigenvalue weighted by Gasteiger charge is -2.15. The van der Waals surface area contributed by atoms with Crippen molar-refractivity contribution in [3.05, 3.63) is 0 Å². The van der Waals surface area contributed by atoms with Crippen molar-refractivity contribution in [1.82, 2.24) is 10.2 Å². The van der Waals surface area contributed by atoms with Crippen molar-refractivity contribution in [2.24, 2.45) is 0 Å². The number of nitrogens with zero attached hydrogens (tertiary/aromatic N) is 1. The van der Waals surface area contributed by atoms with E-state index >= 15 is 0 Å². The van der Waals surface area contributed by atoms with Crippen LogP contribution < -0.4 is 5.32 Å². The van der Waals surface area contributed by atoms with Crippen LogP contribution in [0.25, 0.3) is 0 Å². The lowest BCUT2D eigenvalue weighted by atomic mass is 10.4. The zero-order chi connectivity index (χ0) is 7.98. The normalized spacial score (nSPS) is 10.0. The quantitative estimate of drug-likeness (QED) is 0.619. The van der Waals surface area contributed by atoms with Crippen molar-refractivity contribution in [1.29, 1.82) is 0 Å². The van der Waals surface area contributed by atoms with E-state index < -0.39 is 0 Å². The summed E-state index contributed by atoms with van der Waals surface area (Å²) in [5.41, 5.74) is 0. The Morgan fingerprint density at radius 3 is 2.30 bits per heavy atom. The molecule has 0 aliphatic carbocycles. The molecule has 3 heteroatoms. The predicted molar refractivity (Wildman–Crippen MR) is 44.0 cm³/mol. The van der Waals surface area contributed by atoms with Crippen LogP contribution in [0.2, 0.25) is 0 Å². The van der Waals surface area contributed by atoms with Gasteiger partial charge in [0.05, 0.1) is 6.54 Å². The number of rotatable bonds is 4. The fourth-order valence-electron chi connectivity index (χ4n) is 0.729. The van der Waals surface area contributed by atoms with Crippen molar-refractivity contribution < 1.29 is 6.22 Å². The standard InChI is InChI=1S/C7H16N2O.H2/c1-4-9(5-2)6-7(10)8-3;/h4-6H2,1-3H3,(H,8,10);1H. The Labute approximate surface area is 63.9 Å². The highest BCUT2D eigenvalue weighted by atomic mass is 16.1. The molecular formula is C7H18N2O. The van der Waals surface area contributed by atoms with Gasteiger partial charge in [0, 0.05) is 8.47 Å². The number of hydrogen-bond acceptors (Lipinski definition) is 2. The Balaban J connectivity index is 0. The second-order valence-electron chi connectivity index (χ2n) is 2.13. The van der Waals surface area contributed by atoms with Crippen LogP contribution in [0.15, 0.2) is 0 Å². The van der Waals surface area contributed by atoms with Gasteiger partial charge >= 0.3 is 0 Å².